The number of hydrogen-bond acceptors (Lipinski definition) is 5. The number of aliphatic imine (C=N–C) groups is 1. The molecule has 0 radical (unpaired) electrons. The Morgan fingerprint density at radius 1 is 1.40 bits per heavy atom. The lowest BCUT2D eigenvalue weighted by Gasteiger charge is -2.08. The van der Waals surface area contributed by atoms with Crippen LogP contribution in [0.1, 0.15) is 12.5 Å². The number of guanidine groups is 1. The van der Waals surface area contributed by atoms with Crippen molar-refractivity contribution in [2.75, 3.05) is 13.1 Å². The molecule has 1 heterocycles. The molecule has 0 amide bonds. The van der Waals surface area contributed by atoms with Crippen LogP contribution in [0.5, 0.6) is 0 Å². The maximum absolute atomic E-state index is 11.1. The standard InChI is InChI=1S/C12H18N4O2S.HI/c1-9-8-15-12(16-9)14-7-6-10-2-4-11(5-3-10)19(13,17)18;/h2-5,9H,6-8H2,1H3,(H2,13,17,18)(H2,14,15,16);1H. The van der Waals surface area contributed by atoms with E-state index in [-0.39, 0.29) is 28.9 Å². The second-order valence-electron chi connectivity index (χ2n) is 4.60. The van der Waals surface area contributed by atoms with Gasteiger partial charge in [-0.15, -0.1) is 24.0 Å². The summed E-state index contributed by atoms with van der Waals surface area (Å²) in [5.41, 5.74) is 1.05. The molecule has 0 aromatic heterocycles. The first-order chi connectivity index (χ1) is 8.95. The molecular weight excluding hydrogens is 391 g/mol. The van der Waals surface area contributed by atoms with E-state index in [1.165, 1.54) is 12.1 Å². The third-order valence-corrected chi connectivity index (χ3v) is 3.79. The van der Waals surface area contributed by atoms with Crippen LogP contribution in [0.3, 0.4) is 0 Å². The van der Waals surface area contributed by atoms with E-state index in [9.17, 15) is 8.42 Å². The molecule has 8 heteroatoms. The molecule has 1 aliphatic heterocycles. The number of halogens is 1. The predicted molar refractivity (Wildman–Crippen MR) is 89.8 cm³/mol. The molecule has 0 saturated heterocycles. The third-order valence-electron chi connectivity index (χ3n) is 2.86. The fraction of sp³-hybridized carbons (Fsp3) is 0.417. The summed E-state index contributed by atoms with van der Waals surface area (Å²) in [4.78, 5) is 4.43. The topological polar surface area (TPSA) is 96.6 Å². The highest BCUT2D eigenvalue weighted by molar-refractivity contribution is 14.0. The molecule has 2 rings (SSSR count). The molecule has 20 heavy (non-hydrogen) atoms. The molecule has 0 spiro atoms. The van der Waals surface area contributed by atoms with Crippen molar-refractivity contribution in [1.82, 2.24) is 10.6 Å². The molecule has 1 unspecified atom stereocenters. The first-order valence-corrected chi connectivity index (χ1v) is 7.66. The maximum Gasteiger partial charge on any atom is 0.238 e. The molecule has 1 aliphatic rings. The summed E-state index contributed by atoms with van der Waals surface area (Å²) in [6.45, 7) is 3.61. The Hall–Kier alpha value is -0.870. The van der Waals surface area contributed by atoms with Crippen LogP contribution in [0.15, 0.2) is 34.2 Å². The Labute approximate surface area is 136 Å². The summed E-state index contributed by atoms with van der Waals surface area (Å²) in [5, 5.41) is 11.5. The number of nitrogens with zero attached hydrogens (tertiary/aromatic N) is 1. The summed E-state index contributed by atoms with van der Waals surface area (Å²) in [5.74, 6) is 0.827. The average molecular weight is 410 g/mol. The van der Waals surface area contributed by atoms with Gasteiger partial charge in [0.1, 0.15) is 0 Å². The molecule has 1 aromatic carbocycles. The Balaban J connectivity index is 0.00000200. The smallest absolute Gasteiger partial charge is 0.238 e. The molecular formula is C12H19IN4O2S. The van der Waals surface area contributed by atoms with E-state index in [1.807, 2.05) is 0 Å². The van der Waals surface area contributed by atoms with Crippen LogP contribution >= 0.6 is 24.0 Å². The summed E-state index contributed by atoms with van der Waals surface area (Å²) in [6, 6.07) is 6.98. The molecule has 0 bridgehead atoms. The predicted octanol–water partition coefficient (Wildman–Crippen LogP) is 0.432. The number of benzene rings is 1. The van der Waals surface area contributed by atoms with Crippen molar-refractivity contribution in [3.8, 4) is 0 Å². The highest BCUT2D eigenvalue weighted by Crippen LogP contribution is 2.08. The van der Waals surface area contributed by atoms with E-state index in [4.69, 9.17) is 5.14 Å². The summed E-state index contributed by atoms with van der Waals surface area (Å²) < 4.78 is 22.2. The van der Waals surface area contributed by atoms with E-state index in [0.29, 0.717) is 6.04 Å². The van der Waals surface area contributed by atoms with Crippen molar-refractivity contribution >= 4 is 40.0 Å². The van der Waals surface area contributed by atoms with Gasteiger partial charge in [-0.2, -0.15) is 0 Å². The largest absolute Gasteiger partial charge is 0.356 e. The molecule has 4 N–H and O–H groups in total. The van der Waals surface area contributed by atoms with Gasteiger partial charge in [-0.3, -0.25) is 4.99 Å². The minimum atomic E-state index is -3.60. The van der Waals surface area contributed by atoms with E-state index >= 15 is 0 Å². The molecule has 112 valence electrons. The first kappa shape index (κ1) is 17.2. The zero-order valence-corrected chi connectivity index (χ0v) is 14.3. The van der Waals surface area contributed by atoms with Crippen molar-refractivity contribution in [1.29, 1.82) is 0 Å². The van der Waals surface area contributed by atoms with Gasteiger partial charge >= 0.3 is 0 Å². The van der Waals surface area contributed by atoms with Gasteiger partial charge in [0.2, 0.25) is 10.0 Å². The lowest BCUT2D eigenvalue weighted by atomic mass is 10.1. The Morgan fingerprint density at radius 2 is 2.05 bits per heavy atom. The van der Waals surface area contributed by atoms with Crippen molar-refractivity contribution in [2.45, 2.75) is 24.3 Å². The van der Waals surface area contributed by atoms with E-state index in [2.05, 4.69) is 22.5 Å². The van der Waals surface area contributed by atoms with Gasteiger partial charge in [0.25, 0.3) is 0 Å². The lowest BCUT2D eigenvalue weighted by molar-refractivity contribution is 0.598. The third kappa shape index (κ3) is 4.91. The van der Waals surface area contributed by atoms with Crippen LogP contribution in [-0.2, 0) is 16.4 Å². The lowest BCUT2D eigenvalue weighted by Crippen LogP contribution is -2.38. The molecule has 0 aliphatic carbocycles. The zero-order chi connectivity index (χ0) is 13.9. The van der Waals surface area contributed by atoms with Gasteiger partial charge in [0.05, 0.1) is 11.4 Å². The van der Waals surface area contributed by atoms with Crippen LogP contribution < -0.4 is 15.8 Å². The fourth-order valence-electron chi connectivity index (χ4n) is 1.83. The van der Waals surface area contributed by atoms with Gasteiger partial charge in [-0.25, -0.2) is 13.6 Å². The minimum Gasteiger partial charge on any atom is -0.356 e. The van der Waals surface area contributed by atoms with Crippen LogP contribution in [-0.4, -0.2) is 33.5 Å². The molecule has 1 atom stereocenters. The normalized spacial score (nSPS) is 17.9. The number of nitrogens with one attached hydrogen (secondary N) is 2. The Bertz CT molecular complexity index is 572. The average Bonchev–Trinajstić information content (AvgIpc) is 2.75. The minimum absolute atomic E-state index is 0. The SMILES string of the molecule is CC1CN=C(NCCc2ccc(S(N)(=O)=O)cc2)N1.I. The Morgan fingerprint density at radius 3 is 2.55 bits per heavy atom. The zero-order valence-electron chi connectivity index (χ0n) is 11.2. The summed E-state index contributed by atoms with van der Waals surface area (Å²) in [7, 11) is -3.60. The van der Waals surface area contributed by atoms with Gasteiger partial charge in [0.15, 0.2) is 5.96 Å². The fourth-order valence-corrected chi connectivity index (χ4v) is 2.35. The Kier molecular flexibility index (Phi) is 6.21. The van der Waals surface area contributed by atoms with E-state index in [0.717, 1.165) is 31.0 Å². The number of sulfonamides is 1. The first-order valence-electron chi connectivity index (χ1n) is 6.12. The van der Waals surface area contributed by atoms with E-state index in [1.54, 1.807) is 12.1 Å². The number of nitrogens with two attached hydrogens (primary N) is 1. The molecule has 0 fully saturated rings. The maximum atomic E-state index is 11.1. The summed E-state index contributed by atoms with van der Waals surface area (Å²) in [6.07, 6.45) is 0.792. The number of rotatable bonds is 4. The van der Waals surface area contributed by atoms with E-state index < -0.39 is 10.0 Å². The molecule has 6 nitrogen and oxygen atoms in total. The highest BCUT2D eigenvalue weighted by atomic mass is 127. The van der Waals surface area contributed by atoms with Crippen LogP contribution in [0.25, 0.3) is 0 Å². The van der Waals surface area contributed by atoms with Gasteiger partial charge in [-0.1, -0.05) is 12.1 Å². The number of primary sulfonamides is 1. The van der Waals surface area contributed by atoms with Gasteiger partial charge < -0.3 is 10.6 Å². The van der Waals surface area contributed by atoms with Crippen LogP contribution in [0.2, 0.25) is 0 Å². The van der Waals surface area contributed by atoms with Crippen LogP contribution in [0, 0.1) is 0 Å². The summed E-state index contributed by atoms with van der Waals surface area (Å²) >= 11 is 0. The van der Waals surface area contributed by atoms with Crippen LogP contribution in [0.4, 0.5) is 0 Å². The van der Waals surface area contributed by atoms with Gasteiger partial charge in [-0.05, 0) is 31.0 Å². The molecule has 1 aromatic rings. The quantitative estimate of drug-likeness (QED) is 0.628. The van der Waals surface area contributed by atoms with Gasteiger partial charge in [0, 0.05) is 12.6 Å². The second kappa shape index (κ2) is 7.23. The second-order valence-corrected chi connectivity index (χ2v) is 6.16. The van der Waals surface area contributed by atoms with Crippen molar-refractivity contribution < 1.29 is 8.42 Å². The highest BCUT2D eigenvalue weighted by Gasteiger charge is 2.11. The number of hydrogen-bond donors (Lipinski definition) is 3. The van der Waals surface area contributed by atoms with Crippen molar-refractivity contribution in [2.24, 2.45) is 10.1 Å². The van der Waals surface area contributed by atoms with Crippen molar-refractivity contribution in [3.05, 3.63) is 29.8 Å². The molecule has 0 saturated carbocycles. The van der Waals surface area contributed by atoms with Crippen molar-refractivity contribution in [3.63, 3.8) is 0 Å². The monoisotopic (exact) mass is 410 g/mol.